The number of halogens is 4. The standard InChI is InChI=1S/C21H13F4N5O2/c1-9-16-12(7-27)13(22)3-4-15(16)30-19(31)17(9)21(24,25)20(32)29-10(2)18-14(23)5-11(6-26)8-28-18/h3-5,8,10H,1-2H3,(H,29,32)(H,30,31)/t10-/m1/s1. The van der Waals surface area contributed by atoms with Crippen LogP contribution in [0.3, 0.4) is 0 Å². The molecular weight excluding hydrogens is 430 g/mol. The first-order valence-corrected chi connectivity index (χ1v) is 9.02. The molecule has 0 unspecified atom stereocenters. The van der Waals surface area contributed by atoms with Crippen LogP contribution in [0.4, 0.5) is 17.6 Å². The summed E-state index contributed by atoms with van der Waals surface area (Å²) in [5, 5.41) is 19.6. The lowest BCUT2D eigenvalue weighted by molar-refractivity contribution is -0.148. The van der Waals surface area contributed by atoms with Crippen LogP contribution in [-0.4, -0.2) is 15.9 Å². The molecule has 1 amide bonds. The second kappa shape index (κ2) is 8.12. The van der Waals surface area contributed by atoms with Crippen LogP contribution in [0.25, 0.3) is 10.9 Å². The summed E-state index contributed by atoms with van der Waals surface area (Å²) in [6.07, 6.45) is 1.01. The molecule has 162 valence electrons. The fourth-order valence-electron chi connectivity index (χ4n) is 3.34. The quantitative estimate of drug-likeness (QED) is 0.600. The van der Waals surface area contributed by atoms with E-state index < -0.39 is 57.4 Å². The number of benzene rings is 1. The molecule has 11 heteroatoms. The summed E-state index contributed by atoms with van der Waals surface area (Å²) in [6, 6.07) is 4.74. The number of nitrogens with zero attached hydrogens (tertiary/aromatic N) is 3. The SMILES string of the molecule is Cc1c(C(F)(F)C(=O)N[C@H](C)c2ncc(C#N)cc2F)c(=O)[nH]c2ccc(F)c(C#N)c12. The molecule has 0 radical (unpaired) electrons. The lowest BCUT2D eigenvalue weighted by Crippen LogP contribution is -2.43. The van der Waals surface area contributed by atoms with Gasteiger partial charge in [-0.1, -0.05) is 0 Å². The molecule has 0 aliphatic rings. The van der Waals surface area contributed by atoms with Crippen LogP contribution in [0, 0.1) is 41.2 Å². The first-order chi connectivity index (χ1) is 15.0. The average Bonchev–Trinajstić information content (AvgIpc) is 2.73. The third kappa shape index (κ3) is 3.65. The molecule has 0 aliphatic heterocycles. The van der Waals surface area contributed by atoms with Crippen LogP contribution in [0.1, 0.15) is 40.9 Å². The number of hydrogen-bond acceptors (Lipinski definition) is 5. The Morgan fingerprint density at radius 3 is 2.50 bits per heavy atom. The van der Waals surface area contributed by atoms with Gasteiger partial charge in [0.1, 0.15) is 23.8 Å². The van der Waals surface area contributed by atoms with Crippen molar-refractivity contribution in [2.45, 2.75) is 25.8 Å². The largest absolute Gasteiger partial charge is 0.355 e. The van der Waals surface area contributed by atoms with E-state index in [1.54, 1.807) is 12.1 Å². The third-order valence-corrected chi connectivity index (χ3v) is 4.85. The van der Waals surface area contributed by atoms with Crippen molar-refractivity contribution in [3.8, 4) is 12.1 Å². The smallest absolute Gasteiger partial charge is 0.342 e. The van der Waals surface area contributed by atoms with Crippen molar-refractivity contribution < 1.29 is 22.4 Å². The number of aromatic nitrogens is 2. The first kappa shape index (κ1) is 22.4. The monoisotopic (exact) mass is 443 g/mol. The molecule has 0 aliphatic carbocycles. The summed E-state index contributed by atoms with van der Waals surface area (Å²) in [5.74, 6) is -8.32. The lowest BCUT2D eigenvalue weighted by Gasteiger charge is -2.21. The number of alkyl halides is 2. The zero-order valence-electron chi connectivity index (χ0n) is 16.6. The molecule has 32 heavy (non-hydrogen) atoms. The highest BCUT2D eigenvalue weighted by atomic mass is 19.3. The molecule has 0 saturated carbocycles. The van der Waals surface area contributed by atoms with Crippen LogP contribution in [-0.2, 0) is 10.7 Å². The molecule has 0 spiro atoms. The molecule has 0 fully saturated rings. The molecular formula is C21H13F4N5O2. The molecule has 0 bridgehead atoms. The number of nitriles is 2. The van der Waals surface area contributed by atoms with E-state index in [1.807, 2.05) is 5.32 Å². The maximum Gasteiger partial charge on any atom is 0.355 e. The highest BCUT2D eigenvalue weighted by Gasteiger charge is 2.46. The Morgan fingerprint density at radius 2 is 1.91 bits per heavy atom. The maximum absolute atomic E-state index is 15.1. The number of aromatic amines is 1. The number of nitrogens with one attached hydrogen (secondary N) is 2. The van der Waals surface area contributed by atoms with E-state index in [4.69, 9.17) is 5.26 Å². The van der Waals surface area contributed by atoms with Crippen molar-refractivity contribution in [2.75, 3.05) is 0 Å². The van der Waals surface area contributed by atoms with E-state index in [9.17, 15) is 23.6 Å². The fourth-order valence-corrected chi connectivity index (χ4v) is 3.34. The number of carbonyl (C=O) groups is 1. The van der Waals surface area contributed by atoms with Crippen molar-refractivity contribution in [1.82, 2.24) is 15.3 Å². The molecule has 7 nitrogen and oxygen atoms in total. The summed E-state index contributed by atoms with van der Waals surface area (Å²) in [5.41, 5.74) is -4.14. The van der Waals surface area contributed by atoms with Crippen LogP contribution in [0.2, 0.25) is 0 Å². The predicted molar refractivity (Wildman–Crippen MR) is 103 cm³/mol. The van der Waals surface area contributed by atoms with Gasteiger partial charge in [0.2, 0.25) is 0 Å². The minimum atomic E-state index is -4.41. The first-order valence-electron chi connectivity index (χ1n) is 9.02. The molecule has 2 heterocycles. The van der Waals surface area contributed by atoms with Gasteiger partial charge >= 0.3 is 5.92 Å². The van der Waals surface area contributed by atoms with Crippen molar-refractivity contribution in [3.63, 3.8) is 0 Å². The van der Waals surface area contributed by atoms with E-state index in [1.165, 1.54) is 6.92 Å². The number of H-pyrrole nitrogens is 1. The average molecular weight is 443 g/mol. The van der Waals surface area contributed by atoms with Gasteiger partial charge in [0.25, 0.3) is 11.5 Å². The van der Waals surface area contributed by atoms with Crippen LogP contribution in [0.5, 0.6) is 0 Å². The van der Waals surface area contributed by atoms with Crippen LogP contribution < -0.4 is 10.9 Å². The molecule has 1 aromatic carbocycles. The van der Waals surface area contributed by atoms with E-state index in [0.29, 0.717) is 0 Å². The number of rotatable bonds is 4. The minimum absolute atomic E-state index is 0.0531. The highest BCUT2D eigenvalue weighted by molar-refractivity contribution is 5.92. The second-order valence-corrected chi connectivity index (χ2v) is 6.88. The predicted octanol–water partition coefficient (Wildman–Crippen LogP) is 3.22. The molecule has 0 saturated heterocycles. The van der Waals surface area contributed by atoms with E-state index in [0.717, 1.165) is 31.3 Å². The fraction of sp³-hybridized carbons (Fsp3) is 0.190. The molecule has 1 atom stereocenters. The van der Waals surface area contributed by atoms with Crippen molar-refractivity contribution >= 4 is 16.8 Å². The van der Waals surface area contributed by atoms with Gasteiger partial charge in [-0.25, -0.2) is 8.78 Å². The number of fused-ring (bicyclic) bond motifs is 1. The number of pyridine rings is 2. The Labute approximate surface area is 177 Å². The number of aryl methyl sites for hydroxylation is 1. The molecule has 2 N–H and O–H groups in total. The minimum Gasteiger partial charge on any atom is -0.342 e. The van der Waals surface area contributed by atoms with E-state index in [2.05, 4.69) is 9.97 Å². The number of amides is 1. The molecule has 2 aromatic heterocycles. The molecule has 3 aromatic rings. The molecule has 3 rings (SSSR count). The van der Waals surface area contributed by atoms with E-state index in [-0.39, 0.29) is 16.5 Å². The summed E-state index contributed by atoms with van der Waals surface area (Å²) in [7, 11) is 0. The highest BCUT2D eigenvalue weighted by Crippen LogP contribution is 2.33. The zero-order valence-corrected chi connectivity index (χ0v) is 16.6. The Kier molecular flexibility index (Phi) is 5.69. The summed E-state index contributed by atoms with van der Waals surface area (Å²) in [4.78, 5) is 30.6. The second-order valence-electron chi connectivity index (χ2n) is 6.88. The van der Waals surface area contributed by atoms with E-state index >= 15 is 8.78 Å². The third-order valence-electron chi connectivity index (χ3n) is 4.85. The Hall–Kier alpha value is -4.25. The van der Waals surface area contributed by atoms with Gasteiger partial charge in [-0.2, -0.15) is 19.3 Å². The van der Waals surface area contributed by atoms with Gasteiger partial charge in [-0.3, -0.25) is 14.6 Å². The normalized spacial score (nSPS) is 12.1. The Bertz CT molecular complexity index is 1400. The Balaban J connectivity index is 2.06. The topological polar surface area (TPSA) is 122 Å². The number of hydrogen-bond donors (Lipinski definition) is 2. The van der Waals surface area contributed by atoms with Crippen molar-refractivity contribution in [3.05, 3.63) is 74.3 Å². The summed E-state index contributed by atoms with van der Waals surface area (Å²) >= 11 is 0. The maximum atomic E-state index is 15.1. The van der Waals surface area contributed by atoms with Gasteiger partial charge < -0.3 is 10.3 Å². The van der Waals surface area contributed by atoms with Gasteiger partial charge in [0.05, 0.1) is 33.9 Å². The van der Waals surface area contributed by atoms with Crippen LogP contribution in [0.15, 0.2) is 29.2 Å². The summed E-state index contributed by atoms with van der Waals surface area (Å²) < 4.78 is 58.2. The van der Waals surface area contributed by atoms with Crippen LogP contribution >= 0.6 is 0 Å². The van der Waals surface area contributed by atoms with Crippen molar-refractivity contribution in [1.29, 1.82) is 10.5 Å². The van der Waals surface area contributed by atoms with Gasteiger partial charge in [0, 0.05) is 11.6 Å². The van der Waals surface area contributed by atoms with Gasteiger partial charge in [-0.05, 0) is 37.6 Å². The number of carbonyl (C=O) groups excluding carboxylic acids is 1. The Morgan fingerprint density at radius 1 is 1.22 bits per heavy atom. The van der Waals surface area contributed by atoms with Gasteiger partial charge in [-0.15, -0.1) is 0 Å². The zero-order chi connectivity index (χ0) is 23.8. The van der Waals surface area contributed by atoms with Crippen molar-refractivity contribution in [2.24, 2.45) is 0 Å². The lowest BCUT2D eigenvalue weighted by atomic mass is 9.96. The summed E-state index contributed by atoms with van der Waals surface area (Å²) in [6.45, 7) is 2.26. The van der Waals surface area contributed by atoms with Gasteiger partial charge in [0.15, 0.2) is 0 Å².